The van der Waals surface area contributed by atoms with Crippen LogP contribution in [0.5, 0.6) is 0 Å². The van der Waals surface area contributed by atoms with Gasteiger partial charge in [-0.2, -0.15) is 0 Å². The molecule has 1 saturated heterocycles. The Morgan fingerprint density at radius 2 is 2.33 bits per heavy atom. The third-order valence-corrected chi connectivity index (χ3v) is 3.18. The fourth-order valence-electron chi connectivity index (χ4n) is 2.16. The monoisotopic (exact) mass is 215 g/mol. The van der Waals surface area contributed by atoms with E-state index in [-0.39, 0.29) is 0 Å². The van der Waals surface area contributed by atoms with E-state index in [1.807, 2.05) is 7.05 Å². The van der Waals surface area contributed by atoms with Crippen LogP contribution in [0.2, 0.25) is 0 Å². The molecule has 0 aromatic rings. The SMILES string of the molecule is CNC(CCCC1CCCO1)CCOC. The molecule has 2 atom stereocenters. The van der Waals surface area contributed by atoms with Gasteiger partial charge in [0.05, 0.1) is 6.10 Å². The van der Waals surface area contributed by atoms with Gasteiger partial charge in [-0.25, -0.2) is 0 Å². The highest BCUT2D eigenvalue weighted by Gasteiger charge is 2.15. The quantitative estimate of drug-likeness (QED) is 0.671. The van der Waals surface area contributed by atoms with Crippen molar-refractivity contribution in [3.05, 3.63) is 0 Å². The van der Waals surface area contributed by atoms with Crippen LogP contribution in [-0.4, -0.2) is 39.5 Å². The van der Waals surface area contributed by atoms with Gasteiger partial charge in [-0.05, 0) is 45.6 Å². The molecule has 1 aliphatic heterocycles. The van der Waals surface area contributed by atoms with Crippen LogP contribution in [0.15, 0.2) is 0 Å². The zero-order valence-corrected chi connectivity index (χ0v) is 10.1. The molecule has 3 nitrogen and oxygen atoms in total. The molecule has 0 aromatic carbocycles. The molecule has 0 spiro atoms. The first-order valence-electron chi connectivity index (χ1n) is 6.14. The highest BCUT2D eigenvalue weighted by Crippen LogP contribution is 2.18. The molecule has 0 amide bonds. The van der Waals surface area contributed by atoms with Crippen molar-refractivity contribution in [3.63, 3.8) is 0 Å². The normalized spacial score (nSPS) is 23.2. The Bertz CT molecular complexity index is 147. The average Bonchev–Trinajstić information content (AvgIpc) is 2.76. The predicted molar refractivity (Wildman–Crippen MR) is 62.2 cm³/mol. The second-order valence-electron chi connectivity index (χ2n) is 4.33. The van der Waals surface area contributed by atoms with Gasteiger partial charge in [0.2, 0.25) is 0 Å². The number of nitrogens with one attached hydrogen (secondary N) is 1. The summed E-state index contributed by atoms with van der Waals surface area (Å²) in [5, 5.41) is 3.34. The predicted octanol–water partition coefficient (Wildman–Crippen LogP) is 1.96. The van der Waals surface area contributed by atoms with Gasteiger partial charge in [0.1, 0.15) is 0 Å². The van der Waals surface area contributed by atoms with E-state index in [0.717, 1.165) is 19.6 Å². The minimum Gasteiger partial charge on any atom is -0.385 e. The van der Waals surface area contributed by atoms with Crippen molar-refractivity contribution in [3.8, 4) is 0 Å². The average molecular weight is 215 g/mol. The lowest BCUT2D eigenvalue weighted by atomic mass is 10.0. The lowest BCUT2D eigenvalue weighted by molar-refractivity contribution is 0.101. The Hall–Kier alpha value is -0.120. The summed E-state index contributed by atoms with van der Waals surface area (Å²) in [6.45, 7) is 1.83. The van der Waals surface area contributed by atoms with Gasteiger partial charge in [-0.15, -0.1) is 0 Å². The van der Waals surface area contributed by atoms with Crippen LogP contribution in [0.1, 0.15) is 38.5 Å². The van der Waals surface area contributed by atoms with Gasteiger partial charge in [-0.1, -0.05) is 0 Å². The smallest absolute Gasteiger partial charge is 0.0576 e. The van der Waals surface area contributed by atoms with Crippen LogP contribution in [0, 0.1) is 0 Å². The fraction of sp³-hybridized carbons (Fsp3) is 1.00. The van der Waals surface area contributed by atoms with E-state index in [2.05, 4.69) is 5.32 Å². The molecule has 3 heteroatoms. The maximum atomic E-state index is 5.60. The summed E-state index contributed by atoms with van der Waals surface area (Å²) in [6.07, 6.45) is 7.90. The summed E-state index contributed by atoms with van der Waals surface area (Å²) in [6, 6.07) is 0.603. The lowest BCUT2D eigenvalue weighted by Crippen LogP contribution is -2.26. The summed E-state index contributed by atoms with van der Waals surface area (Å²) in [5.41, 5.74) is 0. The molecule has 1 fully saturated rings. The molecule has 0 saturated carbocycles. The van der Waals surface area contributed by atoms with Crippen molar-refractivity contribution in [2.24, 2.45) is 0 Å². The number of hydrogen-bond acceptors (Lipinski definition) is 3. The second kappa shape index (κ2) is 8.08. The van der Waals surface area contributed by atoms with E-state index >= 15 is 0 Å². The van der Waals surface area contributed by atoms with E-state index in [1.54, 1.807) is 7.11 Å². The molecule has 1 aliphatic rings. The Labute approximate surface area is 93.5 Å². The zero-order chi connectivity index (χ0) is 10.9. The third kappa shape index (κ3) is 5.50. The van der Waals surface area contributed by atoms with Crippen molar-refractivity contribution in [2.75, 3.05) is 27.4 Å². The zero-order valence-electron chi connectivity index (χ0n) is 10.1. The minimum atomic E-state index is 0.546. The van der Waals surface area contributed by atoms with Crippen LogP contribution < -0.4 is 5.32 Å². The van der Waals surface area contributed by atoms with Crippen molar-refractivity contribution >= 4 is 0 Å². The van der Waals surface area contributed by atoms with Gasteiger partial charge < -0.3 is 14.8 Å². The van der Waals surface area contributed by atoms with Gasteiger partial charge in [-0.3, -0.25) is 0 Å². The molecule has 0 bridgehead atoms. The minimum absolute atomic E-state index is 0.546. The molecule has 2 unspecified atom stereocenters. The van der Waals surface area contributed by atoms with Crippen LogP contribution in [-0.2, 0) is 9.47 Å². The highest BCUT2D eigenvalue weighted by molar-refractivity contribution is 4.69. The maximum Gasteiger partial charge on any atom is 0.0576 e. The lowest BCUT2D eigenvalue weighted by Gasteiger charge is -2.16. The standard InChI is InChI=1S/C12H25NO2/c1-13-11(8-10-14-2)5-3-6-12-7-4-9-15-12/h11-13H,3-10H2,1-2H3. The van der Waals surface area contributed by atoms with Crippen molar-refractivity contribution in [2.45, 2.75) is 50.7 Å². The first kappa shape index (κ1) is 12.9. The van der Waals surface area contributed by atoms with E-state index in [9.17, 15) is 0 Å². The molecule has 90 valence electrons. The number of hydrogen-bond donors (Lipinski definition) is 1. The van der Waals surface area contributed by atoms with Crippen LogP contribution in [0.4, 0.5) is 0 Å². The van der Waals surface area contributed by atoms with Crippen molar-refractivity contribution in [1.29, 1.82) is 0 Å². The number of ether oxygens (including phenoxy) is 2. The Kier molecular flexibility index (Phi) is 6.98. The molecule has 1 heterocycles. The first-order chi connectivity index (χ1) is 7.36. The summed E-state index contributed by atoms with van der Waals surface area (Å²) in [7, 11) is 3.80. The second-order valence-corrected chi connectivity index (χ2v) is 4.33. The van der Waals surface area contributed by atoms with Gasteiger partial charge in [0.15, 0.2) is 0 Å². The Morgan fingerprint density at radius 1 is 1.47 bits per heavy atom. The molecular formula is C12H25NO2. The first-order valence-corrected chi connectivity index (χ1v) is 6.14. The van der Waals surface area contributed by atoms with Crippen molar-refractivity contribution in [1.82, 2.24) is 5.32 Å². The molecule has 0 aromatic heterocycles. The molecule has 1 N–H and O–H groups in total. The molecular weight excluding hydrogens is 190 g/mol. The summed E-state index contributed by atoms with van der Waals surface area (Å²) >= 11 is 0. The van der Waals surface area contributed by atoms with Gasteiger partial charge >= 0.3 is 0 Å². The molecule has 15 heavy (non-hydrogen) atoms. The van der Waals surface area contributed by atoms with E-state index in [0.29, 0.717) is 12.1 Å². The maximum absolute atomic E-state index is 5.60. The highest BCUT2D eigenvalue weighted by atomic mass is 16.5. The Morgan fingerprint density at radius 3 is 2.93 bits per heavy atom. The summed E-state index contributed by atoms with van der Waals surface area (Å²) in [4.78, 5) is 0. The van der Waals surface area contributed by atoms with Crippen LogP contribution in [0.25, 0.3) is 0 Å². The third-order valence-electron chi connectivity index (χ3n) is 3.18. The van der Waals surface area contributed by atoms with Gasteiger partial charge in [0.25, 0.3) is 0 Å². The van der Waals surface area contributed by atoms with E-state index in [1.165, 1.54) is 32.1 Å². The van der Waals surface area contributed by atoms with E-state index in [4.69, 9.17) is 9.47 Å². The van der Waals surface area contributed by atoms with Gasteiger partial charge in [0, 0.05) is 26.4 Å². The Balaban J connectivity index is 2.00. The summed E-state index contributed by atoms with van der Waals surface area (Å²) in [5.74, 6) is 0. The van der Waals surface area contributed by atoms with Crippen LogP contribution in [0.3, 0.4) is 0 Å². The van der Waals surface area contributed by atoms with Crippen molar-refractivity contribution < 1.29 is 9.47 Å². The molecule has 1 rings (SSSR count). The fourth-order valence-corrected chi connectivity index (χ4v) is 2.16. The summed E-state index contributed by atoms with van der Waals surface area (Å²) < 4.78 is 10.7. The largest absolute Gasteiger partial charge is 0.385 e. The topological polar surface area (TPSA) is 30.5 Å². The number of rotatable bonds is 8. The molecule has 0 radical (unpaired) electrons. The van der Waals surface area contributed by atoms with E-state index < -0.39 is 0 Å². The molecule has 0 aliphatic carbocycles. The number of methoxy groups -OCH3 is 1. The van der Waals surface area contributed by atoms with Crippen LogP contribution >= 0.6 is 0 Å².